The van der Waals surface area contributed by atoms with Gasteiger partial charge in [0.1, 0.15) is 0 Å². The Morgan fingerprint density at radius 2 is 2.00 bits per heavy atom. The van der Waals surface area contributed by atoms with E-state index in [1.165, 1.54) is 0 Å². The molecular formula is C11H13IN2O4. The minimum absolute atomic E-state index is 0.155. The highest BCUT2D eigenvalue weighted by molar-refractivity contribution is 14.1. The molecule has 18 heavy (non-hydrogen) atoms. The van der Waals surface area contributed by atoms with Crippen molar-refractivity contribution in [1.29, 1.82) is 0 Å². The predicted octanol–water partition coefficient (Wildman–Crippen LogP) is 0.407. The molecule has 3 N–H and O–H groups in total. The zero-order chi connectivity index (χ0) is 13.5. The molecule has 0 aliphatic heterocycles. The molecule has 0 fully saturated rings. The molecule has 1 amide bonds. The van der Waals surface area contributed by atoms with Crippen LogP contribution in [-0.2, 0) is 9.53 Å². The number of carbonyl (C=O) groups is 2. The Kier molecular flexibility index (Phi) is 6.02. The van der Waals surface area contributed by atoms with Crippen molar-refractivity contribution < 1.29 is 19.4 Å². The van der Waals surface area contributed by atoms with Crippen LogP contribution in [0.2, 0.25) is 0 Å². The SMILES string of the molecule is CCOC(=O)C(O)NNC(=O)c1ccc(I)cc1. The molecule has 1 aromatic carbocycles. The van der Waals surface area contributed by atoms with Crippen molar-refractivity contribution >= 4 is 34.5 Å². The number of aliphatic hydroxyl groups is 1. The van der Waals surface area contributed by atoms with E-state index in [0.717, 1.165) is 3.57 Å². The molecule has 1 rings (SSSR count). The Hall–Kier alpha value is -1.19. The largest absolute Gasteiger partial charge is 0.463 e. The van der Waals surface area contributed by atoms with Crippen molar-refractivity contribution in [3.8, 4) is 0 Å². The Morgan fingerprint density at radius 3 is 2.56 bits per heavy atom. The van der Waals surface area contributed by atoms with Gasteiger partial charge >= 0.3 is 5.97 Å². The fourth-order valence-corrected chi connectivity index (χ4v) is 1.45. The number of esters is 1. The monoisotopic (exact) mass is 364 g/mol. The van der Waals surface area contributed by atoms with Crippen LogP contribution >= 0.6 is 22.6 Å². The number of benzene rings is 1. The topological polar surface area (TPSA) is 87.7 Å². The molecule has 0 saturated carbocycles. The smallest absolute Gasteiger partial charge is 0.352 e. The number of aliphatic hydroxyl groups excluding tert-OH is 1. The van der Waals surface area contributed by atoms with Crippen molar-refractivity contribution in [3.63, 3.8) is 0 Å². The van der Waals surface area contributed by atoms with Crippen LogP contribution in [0.25, 0.3) is 0 Å². The second kappa shape index (κ2) is 7.29. The van der Waals surface area contributed by atoms with Crippen molar-refractivity contribution in [2.75, 3.05) is 6.61 Å². The first kappa shape index (κ1) is 14.9. The number of carbonyl (C=O) groups excluding carboxylic acids is 2. The average Bonchev–Trinajstić information content (AvgIpc) is 2.36. The molecular weight excluding hydrogens is 351 g/mol. The van der Waals surface area contributed by atoms with Gasteiger partial charge in [-0.2, -0.15) is 5.43 Å². The molecule has 0 saturated heterocycles. The van der Waals surface area contributed by atoms with E-state index in [2.05, 4.69) is 38.2 Å². The van der Waals surface area contributed by atoms with Crippen molar-refractivity contribution in [2.24, 2.45) is 0 Å². The van der Waals surface area contributed by atoms with Crippen LogP contribution in [0.5, 0.6) is 0 Å². The normalized spacial score (nSPS) is 11.7. The van der Waals surface area contributed by atoms with E-state index < -0.39 is 18.1 Å². The van der Waals surface area contributed by atoms with Crippen LogP contribution < -0.4 is 10.9 Å². The van der Waals surface area contributed by atoms with Crippen LogP contribution in [0.1, 0.15) is 17.3 Å². The summed E-state index contributed by atoms with van der Waals surface area (Å²) in [5, 5.41) is 9.29. The van der Waals surface area contributed by atoms with Gasteiger partial charge in [-0.05, 0) is 53.8 Å². The number of hydrogen-bond donors (Lipinski definition) is 3. The molecule has 0 aliphatic rings. The fraction of sp³-hybridized carbons (Fsp3) is 0.273. The van der Waals surface area contributed by atoms with Crippen molar-refractivity contribution in [3.05, 3.63) is 33.4 Å². The number of halogens is 1. The number of amides is 1. The van der Waals surface area contributed by atoms with E-state index in [4.69, 9.17) is 0 Å². The minimum Gasteiger partial charge on any atom is -0.463 e. The van der Waals surface area contributed by atoms with E-state index in [9.17, 15) is 14.7 Å². The lowest BCUT2D eigenvalue weighted by Crippen LogP contribution is -2.48. The van der Waals surface area contributed by atoms with Gasteiger partial charge in [-0.3, -0.25) is 10.2 Å². The van der Waals surface area contributed by atoms with Crippen LogP contribution in [0.4, 0.5) is 0 Å². The molecule has 0 aliphatic carbocycles. The third-order valence-electron chi connectivity index (χ3n) is 1.94. The first-order valence-corrected chi connectivity index (χ1v) is 6.28. The Labute approximate surface area is 118 Å². The van der Waals surface area contributed by atoms with Gasteiger partial charge in [0.05, 0.1) is 6.61 Å². The second-order valence-corrected chi connectivity index (χ2v) is 4.51. The van der Waals surface area contributed by atoms with E-state index in [0.29, 0.717) is 5.56 Å². The molecule has 7 heteroatoms. The molecule has 1 unspecified atom stereocenters. The summed E-state index contributed by atoms with van der Waals surface area (Å²) < 4.78 is 5.56. The summed E-state index contributed by atoms with van der Waals surface area (Å²) in [6.45, 7) is 1.78. The Balaban J connectivity index is 2.46. The van der Waals surface area contributed by atoms with E-state index >= 15 is 0 Å². The van der Waals surface area contributed by atoms with E-state index in [1.807, 2.05) is 0 Å². The summed E-state index contributed by atoms with van der Waals surface area (Å²) in [5.74, 6) is -1.30. The minimum atomic E-state index is -1.59. The summed E-state index contributed by atoms with van der Waals surface area (Å²) >= 11 is 2.12. The standard InChI is InChI=1S/C11H13IN2O4/c1-2-18-11(17)10(16)14-13-9(15)7-3-5-8(12)6-4-7/h3-6,10,14,16H,2H2,1H3,(H,13,15). The van der Waals surface area contributed by atoms with Crippen LogP contribution in [-0.4, -0.2) is 29.8 Å². The first-order chi connectivity index (χ1) is 8.54. The maximum absolute atomic E-state index is 11.6. The third-order valence-corrected chi connectivity index (χ3v) is 2.66. The molecule has 0 bridgehead atoms. The maximum Gasteiger partial charge on any atom is 0.352 e. The highest BCUT2D eigenvalue weighted by atomic mass is 127. The van der Waals surface area contributed by atoms with Gasteiger partial charge in [0.2, 0.25) is 6.23 Å². The number of hydrazine groups is 1. The zero-order valence-electron chi connectivity index (χ0n) is 9.64. The molecule has 0 spiro atoms. The van der Waals surface area contributed by atoms with Gasteiger partial charge in [-0.15, -0.1) is 0 Å². The molecule has 1 aromatic rings. The summed E-state index contributed by atoms with van der Waals surface area (Å²) in [4.78, 5) is 22.7. The number of rotatable bonds is 5. The molecule has 6 nitrogen and oxygen atoms in total. The van der Waals surface area contributed by atoms with Gasteiger partial charge in [-0.25, -0.2) is 4.79 Å². The lowest BCUT2D eigenvalue weighted by molar-refractivity contribution is -0.155. The number of hydrogen-bond acceptors (Lipinski definition) is 5. The van der Waals surface area contributed by atoms with Gasteiger partial charge < -0.3 is 9.84 Å². The van der Waals surface area contributed by atoms with Gasteiger partial charge in [0.15, 0.2) is 0 Å². The van der Waals surface area contributed by atoms with E-state index in [-0.39, 0.29) is 6.61 Å². The summed E-state index contributed by atoms with van der Waals surface area (Å²) in [7, 11) is 0. The average molecular weight is 364 g/mol. The number of ether oxygens (including phenoxy) is 1. The quantitative estimate of drug-likeness (QED) is 0.305. The van der Waals surface area contributed by atoms with Gasteiger partial charge in [0.25, 0.3) is 5.91 Å². The Bertz CT molecular complexity index is 422. The van der Waals surface area contributed by atoms with Gasteiger partial charge in [-0.1, -0.05) is 0 Å². The Morgan fingerprint density at radius 1 is 1.39 bits per heavy atom. The maximum atomic E-state index is 11.6. The molecule has 1 atom stereocenters. The van der Waals surface area contributed by atoms with E-state index in [1.54, 1.807) is 31.2 Å². The first-order valence-electron chi connectivity index (χ1n) is 5.20. The van der Waals surface area contributed by atoms with Crippen molar-refractivity contribution in [1.82, 2.24) is 10.9 Å². The summed E-state index contributed by atoms with van der Waals surface area (Å²) in [6.07, 6.45) is -1.59. The number of nitrogens with one attached hydrogen (secondary N) is 2. The lowest BCUT2D eigenvalue weighted by atomic mass is 10.2. The second-order valence-electron chi connectivity index (χ2n) is 3.26. The molecule has 0 aromatic heterocycles. The molecule has 98 valence electrons. The molecule has 0 radical (unpaired) electrons. The third kappa shape index (κ3) is 4.59. The fourth-order valence-electron chi connectivity index (χ4n) is 1.09. The van der Waals surface area contributed by atoms with Crippen LogP contribution in [0, 0.1) is 3.57 Å². The van der Waals surface area contributed by atoms with Crippen LogP contribution in [0.15, 0.2) is 24.3 Å². The van der Waals surface area contributed by atoms with Crippen molar-refractivity contribution in [2.45, 2.75) is 13.2 Å². The summed E-state index contributed by atoms with van der Waals surface area (Å²) in [6, 6.07) is 6.82. The lowest BCUT2D eigenvalue weighted by Gasteiger charge is -2.12. The van der Waals surface area contributed by atoms with Gasteiger partial charge in [0, 0.05) is 9.13 Å². The summed E-state index contributed by atoms with van der Waals surface area (Å²) in [5.41, 5.74) is 4.79. The highest BCUT2D eigenvalue weighted by Crippen LogP contribution is 2.06. The molecule has 0 heterocycles. The predicted molar refractivity (Wildman–Crippen MR) is 72.4 cm³/mol. The van der Waals surface area contributed by atoms with Crippen LogP contribution in [0.3, 0.4) is 0 Å². The zero-order valence-corrected chi connectivity index (χ0v) is 11.8. The highest BCUT2D eigenvalue weighted by Gasteiger charge is 2.16.